The van der Waals surface area contributed by atoms with Crippen LogP contribution in [0.15, 0.2) is 18.2 Å². The molecule has 1 aromatic carbocycles. The number of benzene rings is 1. The highest BCUT2D eigenvalue weighted by Gasteiger charge is 2.01. The highest BCUT2D eigenvalue weighted by atomic mass is 35.5. The third-order valence-corrected chi connectivity index (χ3v) is 3.71. The van der Waals surface area contributed by atoms with Gasteiger partial charge in [0.25, 0.3) is 0 Å². The summed E-state index contributed by atoms with van der Waals surface area (Å²) in [6.07, 6.45) is 7.13. The van der Waals surface area contributed by atoms with Gasteiger partial charge in [-0.25, -0.2) is 4.39 Å². The van der Waals surface area contributed by atoms with Gasteiger partial charge in [0.15, 0.2) is 0 Å². The highest BCUT2D eigenvalue weighted by Crippen LogP contribution is 2.14. The number of rotatable bonds is 9. The summed E-state index contributed by atoms with van der Waals surface area (Å²) in [6.45, 7) is 1.52. The standard InChI is InChI=1S/C14H21ClFNS/c1-18-9-5-3-2-4-8-17-11-12-6-7-13(15)10-14(12)16/h6-7,10,17H,2-5,8-9,11H2,1H3. The number of hydrogen-bond acceptors (Lipinski definition) is 2. The van der Waals surface area contributed by atoms with E-state index in [0.717, 1.165) is 13.0 Å². The van der Waals surface area contributed by atoms with Gasteiger partial charge in [-0.3, -0.25) is 0 Å². The summed E-state index contributed by atoms with van der Waals surface area (Å²) in [5.74, 6) is 1.03. The van der Waals surface area contributed by atoms with E-state index in [-0.39, 0.29) is 5.82 Å². The van der Waals surface area contributed by atoms with Crippen LogP contribution in [0.4, 0.5) is 4.39 Å². The number of unbranched alkanes of at least 4 members (excludes halogenated alkanes) is 3. The molecule has 102 valence electrons. The lowest BCUT2D eigenvalue weighted by molar-refractivity contribution is 0.568. The van der Waals surface area contributed by atoms with Gasteiger partial charge in [-0.15, -0.1) is 0 Å². The minimum absolute atomic E-state index is 0.227. The third kappa shape index (κ3) is 6.62. The second-order valence-electron chi connectivity index (χ2n) is 4.32. The average Bonchev–Trinajstić information content (AvgIpc) is 2.35. The molecule has 0 amide bonds. The Labute approximate surface area is 118 Å². The zero-order valence-corrected chi connectivity index (χ0v) is 12.4. The summed E-state index contributed by atoms with van der Waals surface area (Å²) in [6, 6.07) is 4.83. The molecule has 0 saturated heterocycles. The molecule has 0 unspecified atom stereocenters. The first-order valence-electron chi connectivity index (χ1n) is 6.37. The normalized spacial score (nSPS) is 10.8. The Morgan fingerprint density at radius 2 is 2.00 bits per heavy atom. The quantitative estimate of drug-likeness (QED) is 0.672. The molecule has 0 aromatic heterocycles. The van der Waals surface area contributed by atoms with Crippen LogP contribution in [0, 0.1) is 5.82 Å². The van der Waals surface area contributed by atoms with Gasteiger partial charge >= 0.3 is 0 Å². The molecule has 1 nitrogen and oxygen atoms in total. The smallest absolute Gasteiger partial charge is 0.129 e. The summed E-state index contributed by atoms with van der Waals surface area (Å²) < 4.78 is 13.4. The van der Waals surface area contributed by atoms with Crippen LogP contribution in [0.3, 0.4) is 0 Å². The molecule has 18 heavy (non-hydrogen) atoms. The van der Waals surface area contributed by atoms with Gasteiger partial charge in [0.2, 0.25) is 0 Å². The molecule has 0 aliphatic heterocycles. The van der Waals surface area contributed by atoms with Crippen LogP contribution in [0.1, 0.15) is 31.2 Å². The Bertz CT molecular complexity index is 347. The first-order valence-corrected chi connectivity index (χ1v) is 8.15. The molecule has 0 spiro atoms. The molecule has 0 radical (unpaired) electrons. The van der Waals surface area contributed by atoms with Gasteiger partial charge in [0.1, 0.15) is 5.82 Å². The fourth-order valence-corrected chi connectivity index (χ4v) is 2.39. The molecule has 0 saturated carbocycles. The predicted octanol–water partition coefficient (Wildman–Crippen LogP) is 4.49. The Balaban J connectivity index is 2.07. The van der Waals surface area contributed by atoms with E-state index < -0.39 is 0 Å². The molecule has 0 aliphatic rings. The summed E-state index contributed by atoms with van der Waals surface area (Å²) in [5.41, 5.74) is 0.682. The van der Waals surface area contributed by atoms with Gasteiger partial charge in [0, 0.05) is 17.1 Å². The van der Waals surface area contributed by atoms with E-state index in [1.165, 1.54) is 31.1 Å². The van der Waals surface area contributed by atoms with E-state index in [1.54, 1.807) is 12.1 Å². The molecular formula is C14H21ClFNS. The van der Waals surface area contributed by atoms with Crippen molar-refractivity contribution in [3.05, 3.63) is 34.6 Å². The van der Waals surface area contributed by atoms with Crippen molar-refractivity contribution < 1.29 is 4.39 Å². The lowest BCUT2D eigenvalue weighted by Gasteiger charge is -2.06. The number of hydrogen-bond donors (Lipinski definition) is 1. The van der Waals surface area contributed by atoms with Crippen LogP contribution in [0.5, 0.6) is 0 Å². The number of thioether (sulfide) groups is 1. The molecule has 4 heteroatoms. The van der Waals surface area contributed by atoms with Crippen molar-refractivity contribution in [2.24, 2.45) is 0 Å². The Kier molecular flexibility index (Phi) is 8.47. The average molecular weight is 290 g/mol. The molecular weight excluding hydrogens is 269 g/mol. The van der Waals surface area contributed by atoms with Gasteiger partial charge in [-0.05, 0) is 43.5 Å². The van der Waals surface area contributed by atoms with E-state index in [9.17, 15) is 4.39 Å². The topological polar surface area (TPSA) is 12.0 Å². The fraction of sp³-hybridized carbons (Fsp3) is 0.571. The minimum atomic E-state index is -0.227. The summed E-state index contributed by atoms with van der Waals surface area (Å²) in [7, 11) is 0. The van der Waals surface area contributed by atoms with Crippen LogP contribution in [-0.2, 0) is 6.54 Å². The molecule has 0 heterocycles. The summed E-state index contributed by atoms with van der Waals surface area (Å²) >= 11 is 7.60. The van der Waals surface area contributed by atoms with Crippen molar-refractivity contribution in [1.82, 2.24) is 5.32 Å². The third-order valence-electron chi connectivity index (χ3n) is 2.78. The summed E-state index contributed by atoms with van der Waals surface area (Å²) in [4.78, 5) is 0. The lowest BCUT2D eigenvalue weighted by atomic mass is 10.2. The maximum Gasteiger partial charge on any atom is 0.129 e. The number of halogens is 2. The van der Waals surface area contributed by atoms with Gasteiger partial charge in [0.05, 0.1) is 0 Å². The van der Waals surface area contributed by atoms with Crippen LogP contribution < -0.4 is 5.32 Å². The SMILES string of the molecule is CSCCCCCCNCc1ccc(Cl)cc1F. The van der Waals surface area contributed by atoms with Crippen LogP contribution in [-0.4, -0.2) is 18.6 Å². The Hall–Kier alpha value is -0.250. The molecule has 1 N–H and O–H groups in total. The van der Waals surface area contributed by atoms with Gasteiger partial charge in [-0.2, -0.15) is 11.8 Å². The van der Waals surface area contributed by atoms with Crippen molar-refractivity contribution in [2.75, 3.05) is 18.6 Å². The zero-order chi connectivity index (χ0) is 13.2. The van der Waals surface area contributed by atoms with Crippen LogP contribution in [0.25, 0.3) is 0 Å². The van der Waals surface area contributed by atoms with Crippen molar-refractivity contribution in [2.45, 2.75) is 32.2 Å². The second-order valence-corrected chi connectivity index (χ2v) is 5.74. The van der Waals surface area contributed by atoms with Gasteiger partial charge in [-0.1, -0.05) is 30.5 Å². The van der Waals surface area contributed by atoms with Gasteiger partial charge < -0.3 is 5.32 Å². The predicted molar refractivity (Wildman–Crippen MR) is 80.0 cm³/mol. The molecule has 0 bridgehead atoms. The first-order chi connectivity index (χ1) is 8.74. The fourth-order valence-electron chi connectivity index (χ4n) is 1.74. The van der Waals surface area contributed by atoms with E-state index in [2.05, 4.69) is 11.6 Å². The lowest BCUT2D eigenvalue weighted by Crippen LogP contribution is -2.15. The molecule has 0 aliphatic carbocycles. The zero-order valence-electron chi connectivity index (χ0n) is 10.8. The summed E-state index contributed by atoms with van der Waals surface area (Å²) in [5, 5.41) is 3.71. The second kappa shape index (κ2) is 9.65. The Morgan fingerprint density at radius 3 is 2.72 bits per heavy atom. The molecule has 1 aromatic rings. The molecule has 0 fully saturated rings. The van der Waals surface area contributed by atoms with Crippen LogP contribution >= 0.6 is 23.4 Å². The van der Waals surface area contributed by atoms with E-state index >= 15 is 0 Å². The highest BCUT2D eigenvalue weighted by molar-refractivity contribution is 7.98. The van der Waals surface area contributed by atoms with Crippen LogP contribution in [0.2, 0.25) is 5.02 Å². The van der Waals surface area contributed by atoms with Crippen molar-refractivity contribution in [3.63, 3.8) is 0 Å². The molecule has 1 rings (SSSR count). The van der Waals surface area contributed by atoms with Crippen molar-refractivity contribution in [1.29, 1.82) is 0 Å². The first kappa shape index (κ1) is 15.8. The van der Waals surface area contributed by atoms with Crippen molar-refractivity contribution >= 4 is 23.4 Å². The Morgan fingerprint density at radius 1 is 1.22 bits per heavy atom. The van der Waals surface area contributed by atoms with Crippen molar-refractivity contribution in [3.8, 4) is 0 Å². The largest absolute Gasteiger partial charge is 0.313 e. The monoisotopic (exact) mass is 289 g/mol. The van der Waals surface area contributed by atoms with E-state index in [4.69, 9.17) is 11.6 Å². The maximum absolute atomic E-state index is 13.4. The van der Waals surface area contributed by atoms with E-state index in [1.807, 2.05) is 11.8 Å². The van der Waals surface area contributed by atoms with E-state index in [0.29, 0.717) is 17.1 Å². The minimum Gasteiger partial charge on any atom is -0.313 e. The molecule has 0 atom stereocenters. The maximum atomic E-state index is 13.4. The number of nitrogens with one attached hydrogen (secondary N) is 1.